The van der Waals surface area contributed by atoms with Gasteiger partial charge in [0, 0.05) is 12.1 Å². The Morgan fingerprint density at radius 3 is 3.00 bits per heavy atom. The molecule has 1 aromatic carbocycles. The molecule has 110 valence electrons. The summed E-state index contributed by atoms with van der Waals surface area (Å²) in [4.78, 5) is 16.9. The molecule has 6 heteroatoms. The first-order chi connectivity index (χ1) is 10.1. The molecule has 1 N–H and O–H groups in total. The molecule has 1 aliphatic heterocycles. The van der Waals surface area contributed by atoms with Gasteiger partial charge in [-0.05, 0) is 24.1 Å². The molecule has 2 heterocycles. The van der Waals surface area contributed by atoms with Gasteiger partial charge >= 0.3 is 0 Å². The summed E-state index contributed by atoms with van der Waals surface area (Å²) in [5.74, 6) is 1.81. The zero-order valence-electron chi connectivity index (χ0n) is 11.9. The summed E-state index contributed by atoms with van der Waals surface area (Å²) in [6.45, 7) is 5.03. The minimum absolute atomic E-state index is 0.0757. The maximum atomic E-state index is 12.0. The van der Waals surface area contributed by atoms with Gasteiger partial charge in [0.25, 0.3) is 5.91 Å². The standard InChI is InChI=1S/C15H16N2O3S/c1-9(2)6-16-14(18)13-7-17-15(21-13)10-3-4-11-12(5-10)20-8-19-11/h3-5,7,9H,6,8H2,1-2H3,(H,16,18). The van der Waals surface area contributed by atoms with E-state index in [4.69, 9.17) is 9.47 Å². The van der Waals surface area contributed by atoms with E-state index in [0.717, 1.165) is 16.3 Å². The van der Waals surface area contributed by atoms with Crippen LogP contribution in [0, 0.1) is 5.92 Å². The predicted octanol–water partition coefficient (Wildman–Crippen LogP) is 2.92. The molecular formula is C15H16N2O3S. The molecule has 2 aromatic rings. The van der Waals surface area contributed by atoms with Gasteiger partial charge in [-0.3, -0.25) is 4.79 Å². The van der Waals surface area contributed by atoms with Crippen LogP contribution in [0.1, 0.15) is 23.5 Å². The largest absolute Gasteiger partial charge is 0.454 e. The highest BCUT2D eigenvalue weighted by Gasteiger charge is 2.16. The van der Waals surface area contributed by atoms with E-state index in [1.807, 2.05) is 18.2 Å². The molecule has 0 aliphatic carbocycles. The van der Waals surface area contributed by atoms with Crippen LogP contribution in [-0.2, 0) is 0 Å². The van der Waals surface area contributed by atoms with Crippen molar-refractivity contribution in [3.05, 3.63) is 29.3 Å². The van der Waals surface area contributed by atoms with Gasteiger partial charge in [-0.1, -0.05) is 13.8 Å². The lowest BCUT2D eigenvalue weighted by Gasteiger charge is -2.05. The number of benzene rings is 1. The molecule has 1 amide bonds. The second-order valence-corrected chi connectivity index (χ2v) is 6.23. The Morgan fingerprint density at radius 1 is 1.38 bits per heavy atom. The molecule has 1 aromatic heterocycles. The van der Waals surface area contributed by atoms with Gasteiger partial charge in [0.15, 0.2) is 11.5 Å². The van der Waals surface area contributed by atoms with Gasteiger partial charge in [-0.15, -0.1) is 11.3 Å². The zero-order valence-corrected chi connectivity index (χ0v) is 12.7. The average Bonchev–Trinajstić information content (AvgIpc) is 3.12. The smallest absolute Gasteiger partial charge is 0.263 e. The Morgan fingerprint density at radius 2 is 2.19 bits per heavy atom. The van der Waals surface area contributed by atoms with Gasteiger partial charge in [0.2, 0.25) is 6.79 Å². The summed E-state index contributed by atoms with van der Waals surface area (Å²) in [5, 5.41) is 3.69. The highest BCUT2D eigenvalue weighted by atomic mass is 32.1. The summed E-state index contributed by atoms with van der Waals surface area (Å²) in [6.07, 6.45) is 1.61. The quantitative estimate of drug-likeness (QED) is 0.943. The van der Waals surface area contributed by atoms with Gasteiger partial charge in [-0.25, -0.2) is 4.98 Å². The third kappa shape index (κ3) is 3.00. The average molecular weight is 304 g/mol. The van der Waals surface area contributed by atoms with Crippen molar-refractivity contribution < 1.29 is 14.3 Å². The van der Waals surface area contributed by atoms with E-state index >= 15 is 0 Å². The molecule has 21 heavy (non-hydrogen) atoms. The van der Waals surface area contributed by atoms with Crippen LogP contribution in [0.2, 0.25) is 0 Å². The van der Waals surface area contributed by atoms with Crippen LogP contribution in [0.4, 0.5) is 0 Å². The van der Waals surface area contributed by atoms with Crippen molar-refractivity contribution in [2.24, 2.45) is 5.92 Å². The Bertz CT molecular complexity index is 667. The number of thiazole rings is 1. The second kappa shape index (κ2) is 5.73. The number of carbonyl (C=O) groups excluding carboxylic acids is 1. The molecule has 5 nitrogen and oxygen atoms in total. The third-order valence-corrected chi connectivity index (χ3v) is 4.07. The molecule has 1 aliphatic rings. The number of amides is 1. The van der Waals surface area contributed by atoms with Crippen LogP contribution in [-0.4, -0.2) is 24.2 Å². The Balaban J connectivity index is 1.77. The van der Waals surface area contributed by atoms with Crippen molar-refractivity contribution >= 4 is 17.2 Å². The van der Waals surface area contributed by atoms with Crippen LogP contribution in [0.3, 0.4) is 0 Å². The Labute approximate surface area is 126 Å². The van der Waals surface area contributed by atoms with Crippen molar-refractivity contribution in [2.45, 2.75) is 13.8 Å². The lowest BCUT2D eigenvalue weighted by Crippen LogP contribution is -2.26. The molecule has 0 saturated carbocycles. The van der Waals surface area contributed by atoms with E-state index in [-0.39, 0.29) is 12.7 Å². The number of hydrogen-bond donors (Lipinski definition) is 1. The maximum absolute atomic E-state index is 12.0. The van der Waals surface area contributed by atoms with E-state index in [2.05, 4.69) is 24.1 Å². The van der Waals surface area contributed by atoms with Crippen molar-refractivity contribution in [1.82, 2.24) is 10.3 Å². The summed E-state index contributed by atoms with van der Waals surface area (Å²) < 4.78 is 10.6. The van der Waals surface area contributed by atoms with Gasteiger partial charge in [0.05, 0.1) is 6.20 Å². The van der Waals surface area contributed by atoms with Crippen LogP contribution >= 0.6 is 11.3 Å². The van der Waals surface area contributed by atoms with Gasteiger partial charge < -0.3 is 14.8 Å². The predicted molar refractivity (Wildman–Crippen MR) is 80.8 cm³/mol. The van der Waals surface area contributed by atoms with Gasteiger partial charge in [0.1, 0.15) is 9.88 Å². The van der Waals surface area contributed by atoms with Crippen molar-refractivity contribution in [3.63, 3.8) is 0 Å². The van der Waals surface area contributed by atoms with Crippen LogP contribution in [0.25, 0.3) is 10.6 Å². The van der Waals surface area contributed by atoms with E-state index in [0.29, 0.717) is 23.1 Å². The van der Waals surface area contributed by atoms with Crippen molar-refractivity contribution in [3.8, 4) is 22.1 Å². The molecule has 0 radical (unpaired) electrons. The summed E-state index contributed by atoms with van der Waals surface area (Å²) >= 11 is 1.37. The number of hydrogen-bond acceptors (Lipinski definition) is 5. The SMILES string of the molecule is CC(C)CNC(=O)c1cnc(-c2ccc3c(c2)OCO3)s1. The highest BCUT2D eigenvalue weighted by Crippen LogP contribution is 2.36. The molecule has 0 unspecified atom stereocenters. The number of rotatable bonds is 4. The first-order valence-corrected chi connectivity index (χ1v) is 7.59. The van der Waals surface area contributed by atoms with Crippen molar-refractivity contribution in [2.75, 3.05) is 13.3 Å². The number of nitrogens with one attached hydrogen (secondary N) is 1. The second-order valence-electron chi connectivity index (χ2n) is 5.20. The van der Waals surface area contributed by atoms with Crippen LogP contribution in [0.15, 0.2) is 24.4 Å². The van der Waals surface area contributed by atoms with Crippen molar-refractivity contribution in [1.29, 1.82) is 0 Å². The number of fused-ring (bicyclic) bond motifs is 1. The molecule has 0 atom stereocenters. The first-order valence-electron chi connectivity index (χ1n) is 6.77. The Hall–Kier alpha value is -2.08. The van der Waals surface area contributed by atoms with E-state index in [1.54, 1.807) is 6.20 Å². The topological polar surface area (TPSA) is 60.5 Å². The fourth-order valence-corrected chi connectivity index (χ4v) is 2.75. The minimum Gasteiger partial charge on any atom is -0.454 e. The summed E-state index contributed by atoms with van der Waals surface area (Å²) in [6, 6.07) is 5.66. The zero-order chi connectivity index (χ0) is 14.8. The van der Waals surface area contributed by atoms with E-state index < -0.39 is 0 Å². The third-order valence-electron chi connectivity index (χ3n) is 3.02. The molecular weight excluding hydrogens is 288 g/mol. The van der Waals surface area contributed by atoms with E-state index in [9.17, 15) is 4.79 Å². The minimum atomic E-state index is -0.0757. The Kier molecular flexibility index (Phi) is 3.79. The lowest BCUT2D eigenvalue weighted by molar-refractivity contribution is 0.0953. The summed E-state index contributed by atoms with van der Waals surface area (Å²) in [7, 11) is 0. The molecule has 3 rings (SSSR count). The molecule has 0 saturated heterocycles. The number of aromatic nitrogens is 1. The fourth-order valence-electron chi connectivity index (χ4n) is 1.93. The highest BCUT2D eigenvalue weighted by molar-refractivity contribution is 7.16. The lowest BCUT2D eigenvalue weighted by atomic mass is 10.2. The summed E-state index contributed by atoms with van der Waals surface area (Å²) in [5.41, 5.74) is 0.923. The monoisotopic (exact) mass is 304 g/mol. The number of ether oxygens (including phenoxy) is 2. The van der Waals surface area contributed by atoms with Crippen LogP contribution in [0.5, 0.6) is 11.5 Å². The fraction of sp³-hybridized carbons (Fsp3) is 0.333. The first kappa shape index (κ1) is 13.9. The van der Waals surface area contributed by atoms with Crippen LogP contribution < -0.4 is 14.8 Å². The normalized spacial score (nSPS) is 12.7. The van der Waals surface area contributed by atoms with E-state index in [1.165, 1.54) is 11.3 Å². The molecule has 0 spiro atoms. The number of carbonyl (C=O) groups is 1. The molecule has 0 fully saturated rings. The number of nitrogens with zero attached hydrogens (tertiary/aromatic N) is 1. The molecule has 0 bridgehead atoms. The van der Waals surface area contributed by atoms with Gasteiger partial charge in [-0.2, -0.15) is 0 Å². The maximum Gasteiger partial charge on any atom is 0.263 e.